The van der Waals surface area contributed by atoms with E-state index in [0.29, 0.717) is 35.8 Å². The minimum absolute atomic E-state index is 0.0936. The average Bonchev–Trinajstić information content (AvgIpc) is 3.70. The highest BCUT2D eigenvalue weighted by molar-refractivity contribution is 5.84. The molecule has 0 aliphatic heterocycles. The SMILES string of the molecule is CCc1cnn(C2CC(n3cnc4c(NC(CC)CC)nc(NC(CO)Cc5ccccc5)nc43)C(O)C2O)c1. The second-order valence-electron chi connectivity index (χ2n) is 10.6. The van der Waals surface area contributed by atoms with Crippen molar-refractivity contribution >= 4 is 22.9 Å². The third-order valence-corrected chi connectivity index (χ3v) is 8.01. The maximum absolute atomic E-state index is 11.1. The fraction of sp³-hybridized carbons (Fsp3) is 0.517. The molecule has 1 aliphatic carbocycles. The summed E-state index contributed by atoms with van der Waals surface area (Å²) in [7, 11) is 0. The number of hydrogen-bond acceptors (Lipinski definition) is 9. The normalized spacial score (nSPS) is 21.8. The van der Waals surface area contributed by atoms with Gasteiger partial charge in [0.1, 0.15) is 12.2 Å². The van der Waals surface area contributed by atoms with Gasteiger partial charge >= 0.3 is 0 Å². The summed E-state index contributed by atoms with van der Waals surface area (Å²) in [5.41, 5.74) is 3.31. The van der Waals surface area contributed by atoms with Crippen molar-refractivity contribution in [1.82, 2.24) is 29.3 Å². The number of nitrogens with one attached hydrogen (secondary N) is 2. The van der Waals surface area contributed by atoms with Gasteiger partial charge in [-0.05, 0) is 43.2 Å². The van der Waals surface area contributed by atoms with Crippen LogP contribution in [0.3, 0.4) is 0 Å². The third-order valence-electron chi connectivity index (χ3n) is 8.01. The quantitative estimate of drug-likeness (QED) is 0.180. The molecule has 0 bridgehead atoms. The summed E-state index contributed by atoms with van der Waals surface area (Å²) in [6.07, 6.45) is 7.12. The smallest absolute Gasteiger partial charge is 0.227 e. The molecule has 0 amide bonds. The number of hydrogen-bond donors (Lipinski definition) is 5. The van der Waals surface area contributed by atoms with E-state index in [-0.39, 0.29) is 24.7 Å². The van der Waals surface area contributed by atoms with Gasteiger partial charge in [-0.1, -0.05) is 51.1 Å². The lowest BCUT2D eigenvalue weighted by Gasteiger charge is -2.21. The molecule has 5 rings (SSSR count). The van der Waals surface area contributed by atoms with Crippen LogP contribution < -0.4 is 10.6 Å². The summed E-state index contributed by atoms with van der Waals surface area (Å²) >= 11 is 0. The van der Waals surface area contributed by atoms with E-state index in [4.69, 9.17) is 9.97 Å². The first kappa shape index (κ1) is 28.0. The molecule has 1 fully saturated rings. The van der Waals surface area contributed by atoms with Gasteiger partial charge in [0.05, 0.1) is 37.3 Å². The number of benzene rings is 1. The highest BCUT2D eigenvalue weighted by Crippen LogP contribution is 2.40. The number of fused-ring (bicyclic) bond motifs is 1. The molecule has 0 spiro atoms. The Kier molecular flexibility index (Phi) is 8.63. The number of aryl methyl sites for hydroxylation is 1. The Morgan fingerprint density at radius 1 is 0.950 bits per heavy atom. The molecule has 4 aromatic rings. The molecule has 1 aliphatic rings. The predicted molar refractivity (Wildman–Crippen MR) is 154 cm³/mol. The van der Waals surface area contributed by atoms with Gasteiger partial charge in [0.25, 0.3) is 0 Å². The number of aliphatic hydroxyl groups excluding tert-OH is 3. The van der Waals surface area contributed by atoms with Crippen LogP contribution in [-0.2, 0) is 12.8 Å². The highest BCUT2D eigenvalue weighted by atomic mass is 16.3. The van der Waals surface area contributed by atoms with Crippen molar-refractivity contribution in [2.45, 2.75) is 89.3 Å². The van der Waals surface area contributed by atoms with Crippen LogP contribution in [0.2, 0.25) is 0 Å². The minimum Gasteiger partial charge on any atom is -0.394 e. The molecule has 5 unspecified atom stereocenters. The fourth-order valence-electron chi connectivity index (χ4n) is 5.52. The number of imidazole rings is 1. The standard InChI is InChI=1S/C29H40N8O3/c1-4-18-14-31-37(15-18)23-13-22(25(39)26(23)40)36-17-30-24-27(32-20(5-2)6-3)34-29(35-28(24)36)33-21(16-38)12-19-10-8-7-9-11-19/h7-11,14-15,17,20-23,25-26,38-40H,4-6,12-13,16H2,1-3H3,(H2,32,33,34,35). The van der Waals surface area contributed by atoms with E-state index in [2.05, 4.69) is 41.5 Å². The van der Waals surface area contributed by atoms with Gasteiger partial charge in [-0.2, -0.15) is 15.1 Å². The van der Waals surface area contributed by atoms with E-state index >= 15 is 0 Å². The summed E-state index contributed by atoms with van der Waals surface area (Å²) in [5, 5.41) is 43.5. The Morgan fingerprint density at radius 3 is 2.38 bits per heavy atom. The van der Waals surface area contributed by atoms with Crippen molar-refractivity contribution in [3.05, 3.63) is 60.2 Å². The van der Waals surface area contributed by atoms with E-state index < -0.39 is 18.2 Å². The number of anilines is 2. The van der Waals surface area contributed by atoms with Crippen LogP contribution in [0.25, 0.3) is 11.2 Å². The van der Waals surface area contributed by atoms with E-state index in [9.17, 15) is 15.3 Å². The van der Waals surface area contributed by atoms with Crippen molar-refractivity contribution in [1.29, 1.82) is 0 Å². The molecule has 1 saturated carbocycles. The number of rotatable bonds is 12. The second-order valence-corrected chi connectivity index (χ2v) is 10.6. The zero-order valence-corrected chi connectivity index (χ0v) is 23.4. The largest absolute Gasteiger partial charge is 0.394 e. The number of aliphatic hydroxyl groups is 3. The highest BCUT2D eigenvalue weighted by Gasteiger charge is 2.44. The van der Waals surface area contributed by atoms with Crippen molar-refractivity contribution in [3.8, 4) is 0 Å². The molecule has 5 N–H and O–H groups in total. The van der Waals surface area contributed by atoms with E-state index in [1.807, 2.05) is 41.1 Å². The van der Waals surface area contributed by atoms with Crippen LogP contribution in [0.5, 0.6) is 0 Å². The summed E-state index contributed by atoms with van der Waals surface area (Å²) in [4.78, 5) is 14.2. The molecule has 11 nitrogen and oxygen atoms in total. The van der Waals surface area contributed by atoms with Crippen LogP contribution in [0, 0.1) is 0 Å². The maximum Gasteiger partial charge on any atom is 0.227 e. The summed E-state index contributed by atoms with van der Waals surface area (Å²) in [6, 6.07) is 9.04. The number of aromatic nitrogens is 6. The lowest BCUT2D eigenvalue weighted by molar-refractivity contribution is 0.00721. The Morgan fingerprint density at radius 2 is 1.70 bits per heavy atom. The molecule has 40 heavy (non-hydrogen) atoms. The van der Waals surface area contributed by atoms with Gasteiger partial charge in [-0.25, -0.2) is 4.98 Å². The lowest BCUT2D eigenvalue weighted by atomic mass is 10.1. The molecule has 0 radical (unpaired) electrons. The molecule has 0 saturated heterocycles. The van der Waals surface area contributed by atoms with Crippen LogP contribution in [0.1, 0.15) is 63.2 Å². The first-order valence-electron chi connectivity index (χ1n) is 14.3. The molecule has 5 atom stereocenters. The van der Waals surface area contributed by atoms with Crippen molar-refractivity contribution < 1.29 is 15.3 Å². The lowest BCUT2D eigenvalue weighted by Crippen LogP contribution is -2.30. The van der Waals surface area contributed by atoms with Crippen molar-refractivity contribution in [3.63, 3.8) is 0 Å². The van der Waals surface area contributed by atoms with Crippen molar-refractivity contribution in [2.75, 3.05) is 17.2 Å². The topological polar surface area (TPSA) is 146 Å². The van der Waals surface area contributed by atoms with E-state index in [1.54, 1.807) is 17.2 Å². The van der Waals surface area contributed by atoms with Gasteiger partial charge in [-0.3, -0.25) is 4.68 Å². The summed E-state index contributed by atoms with van der Waals surface area (Å²) in [6.45, 7) is 6.20. The van der Waals surface area contributed by atoms with Crippen LogP contribution in [0.4, 0.5) is 11.8 Å². The molecule has 3 heterocycles. The van der Waals surface area contributed by atoms with E-state index in [1.165, 1.54) is 0 Å². The Hall–Kier alpha value is -3.54. The monoisotopic (exact) mass is 548 g/mol. The van der Waals surface area contributed by atoms with E-state index in [0.717, 1.165) is 30.4 Å². The van der Waals surface area contributed by atoms with Gasteiger partial charge in [0.2, 0.25) is 5.95 Å². The fourth-order valence-corrected chi connectivity index (χ4v) is 5.52. The third kappa shape index (κ3) is 5.67. The average molecular weight is 549 g/mol. The Balaban J connectivity index is 1.49. The first-order chi connectivity index (χ1) is 19.4. The van der Waals surface area contributed by atoms with Crippen LogP contribution in [-0.4, -0.2) is 75.5 Å². The molecule has 3 aromatic heterocycles. The molecular formula is C29H40N8O3. The molecular weight excluding hydrogens is 508 g/mol. The molecule has 214 valence electrons. The van der Waals surface area contributed by atoms with Gasteiger partial charge in [0, 0.05) is 12.2 Å². The van der Waals surface area contributed by atoms with Gasteiger partial charge in [0.15, 0.2) is 17.0 Å². The van der Waals surface area contributed by atoms with Crippen LogP contribution in [0.15, 0.2) is 49.1 Å². The van der Waals surface area contributed by atoms with Gasteiger partial charge in [-0.15, -0.1) is 0 Å². The first-order valence-corrected chi connectivity index (χ1v) is 14.3. The molecule has 11 heteroatoms. The minimum atomic E-state index is -1.03. The van der Waals surface area contributed by atoms with Crippen LogP contribution >= 0.6 is 0 Å². The predicted octanol–water partition coefficient (Wildman–Crippen LogP) is 3.11. The zero-order valence-electron chi connectivity index (χ0n) is 23.4. The zero-order chi connectivity index (χ0) is 28.2. The van der Waals surface area contributed by atoms with Crippen molar-refractivity contribution in [2.24, 2.45) is 0 Å². The summed E-state index contributed by atoms with van der Waals surface area (Å²) < 4.78 is 3.59. The Bertz CT molecular complexity index is 1390. The molecule has 1 aromatic carbocycles. The summed E-state index contributed by atoms with van der Waals surface area (Å²) in [5.74, 6) is 0.961. The van der Waals surface area contributed by atoms with Gasteiger partial charge < -0.3 is 30.5 Å². The second kappa shape index (κ2) is 12.3. The Labute approximate surface area is 234 Å². The number of nitrogens with zero attached hydrogens (tertiary/aromatic N) is 6. The maximum atomic E-state index is 11.1.